The van der Waals surface area contributed by atoms with Gasteiger partial charge in [0, 0.05) is 39.3 Å². The molecule has 1 aliphatic rings. The lowest BCUT2D eigenvalue weighted by Crippen LogP contribution is -2.46. The summed E-state index contributed by atoms with van der Waals surface area (Å²) in [5, 5.41) is 8.82. The van der Waals surface area contributed by atoms with Gasteiger partial charge in [-0.3, -0.25) is 4.57 Å². The zero-order chi connectivity index (χ0) is 17.5. The van der Waals surface area contributed by atoms with Gasteiger partial charge in [-0.25, -0.2) is 4.79 Å². The quantitative estimate of drug-likeness (QED) is 0.676. The standard InChI is InChI=1S/C19H30N4O2/c24-16-5-1-4-9-21-12-14-22(15-13-21)10-6-11-23-18-8-3-2-7-17(18)20-19(23)25/h2-3,7-8,24H,1,4-6,9-16H2,(H,20,25). The van der Waals surface area contributed by atoms with Gasteiger partial charge in [-0.1, -0.05) is 12.1 Å². The number of hydrogen-bond acceptors (Lipinski definition) is 4. The Morgan fingerprint density at radius 3 is 2.28 bits per heavy atom. The van der Waals surface area contributed by atoms with Gasteiger partial charge in [-0.2, -0.15) is 0 Å². The molecule has 2 N–H and O–H groups in total. The maximum absolute atomic E-state index is 12.1. The fraction of sp³-hybridized carbons (Fsp3) is 0.632. The fourth-order valence-corrected chi connectivity index (χ4v) is 3.64. The number of fused-ring (bicyclic) bond motifs is 1. The van der Waals surface area contributed by atoms with Crippen LogP contribution in [0.1, 0.15) is 25.7 Å². The van der Waals surface area contributed by atoms with Crippen molar-refractivity contribution >= 4 is 11.0 Å². The van der Waals surface area contributed by atoms with Gasteiger partial charge in [0.1, 0.15) is 0 Å². The highest BCUT2D eigenvalue weighted by atomic mass is 16.2. The number of aromatic nitrogens is 2. The van der Waals surface area contributed by atoms with Crippen LogP contribution in [-0.2, 0) is 6.54 Å². The Morgan fingerprint density at radius 2 is 1.56 bits per heavy atom. The van der Waals surface area contributed by atoms with Crippen molar-refractivity contribution in [3.63, 3.8) is 0 Å². The molecule has 138 valence electrons. The van der Waals surface area contributed by atoms with E-state index in [2.05, 4.69) is 14.8 Å². The van der Waals surface area contributed by atoms with Crippen molar-refractivity contribution in [3.8, 4) is 0 Å². The molecule has 2 heterocycles. The highest BCUT2D eigenvalue weighted by Gasteiger charge is 2.16. The maximum atomic E-state index is 12.1. The number of rotatable bonds is 9. The minimum absolute atomic E-state index is 0.00565. The Morgan fingerprint density at radius 1 is 0.880 bits per heavy atom. The molecule has 6 nitrogen and oxygen atoms in total. The van der Waals surface area contributed by atoms with Crippen LogP contribution in [0.4, 0.5) is 0 Å². The number of piperazine rings is 1. The lowest BCUT2D eigenvalue weighted by Gasteiger charge is -2.34. The van der Waals surface area contributed by atoms with E-state index in [4.69, 9.17) is 5.11 Å². The first-order valence-corrected chi connectivity index (χ1v) is 9.51. The summed E-state index contributed by atoms with van der Waals surface area (Å²) in [5.41, 5.74) is 1.91. The van der Waals surface area contributed by atoms with Crippen LogP contribution in [0.15, 0.2) is 29.1 Å². The Bertz CT molecular complexity index is 701. The molecule has 0 atom stereocenters. The minimum atomic E-state index is -0.00565. The molecule has 0 bridgehead atoms. The number of H-pyrrole nitrogens is 1. The first kappa shape index (κ1) is 18.2. The van der Waals surface area contributed by atoms with Crippen molar-refractivity contribution in [2.24, 2.45) is 0 Å². The predicted molar refractivity (Wildman–Crippen MR) is 101 cm³/mol. The smallest absolute Gasteiger partial charge is 0.326 e. The van der Waals surface area contributed by atoms with Gasteiger partial charge < -0.3 is 19.9 Å². The van der Waals surface area contributed by atoms with Crippen molar-refractivity contribution in [1.29, 1.82) is 0 Å². The number of aliphatic hydroxyl groups is 1. The Hall–Kier alpha value is -1.63. The molecule has 0 saturated carbocycles. The van der Waals surface area contributed by atoms with Crippen LogP contribution in [-0.4, -0.2) is 70.3 Å². The van der Waals surface area contributed by atoms with E-state index >= 15 is 0 Å². The van der Waals surface area contributed by atoms with Crippen molar-refractivity contribution < 1.29 is 5.11 Å². The molecule has 0 amide bonds. The zero-order valence-corrected chi connectivity index (χ0v) is 15.0. The molecule has 2 aromatic rings. The highest BCUT2D eigenvalue weighted by molar-refractivity contribution is 5.74. The minimum Gasteiger partial charge on any atom is -0.396 e. The second-order valence-electron chi connectivity index (χ2n) is 6.92. The Kier molecular flexibility index (Phi) is 6.67. The van der Waals surface area contributed by atoms with E-state index in [9.17, 15) is 4.79 Å². The summed E-state index contributed by atoms with van der Waals surface area (Å²) in [4.78, 5) is 20.0. The van der Waals surface area contributed by atoms with E-state index in [0.29, 0.717) is 6.61 Å². The summed E-state index contributed by atoms with van der Waals surface area (Å²) < 4.78 is 1.85. The number of hydrogen-bond donors (Lipinski definition) is 2. The maximum Gasteiger partial charge on any atom is 0.326 e. The predicted octanol–water partition coefficient (Wildman–Crippen LogP) is 1.50. The van der Waals surface area contributed by atoms with E-state index in [0.717, 1.165) is 76.1 Å². The molecule has 1 aliphatic heterocycles. The van der Waals surface area contributed by atoms with E-state index in [-0.39, 0.29) is 5.69 Å². The number of imidazole rings is 1. The third-order valence-electron chi connectivity index (χ3n) is 5.14. The number of para-hydroxylation sites is 2. The second kappa shape index (κ2) is 9.17. The third-order valence-corrected chi connectivity index (χ3v) is 5.14. The largest absolute Gasteiger partial charge is 0.396 e. The molecular weight excluding hydrogens is 316 g/mol. The molecule has 0 aliphatic carbocycles. The number of unbranched alkanes of at least 4 members (excludes halogenated alkanes) is 2. The van der Waals surface area contributed by atoms with E-state index in [1.165, 1.54) is 6.42 Å². The van der Waals surface area contributed by atoms with Gasteiger partial charge >= 0.3 is 5.69 Å². The molecule has 1 saturated heterocycles. The van der Waals surface area contributed by atoms with Crippen molar-refractivity contribution in [3.05, 3.63) is 34.7 Å². The first-order chi connectivity index (χ1) is 12.3. The molecule has 1 aromatic heterocycles. The molecule has 0 spiro atoms. The molecule has 0 radical (unpaired) electrons. The SMILES string of the molecule is O=c1[nH]c2ccccc2n1CCCN1CCN(CCCCCO)CC1. The van der Waals surface area contributed by atoms with E-state index in [1.54, 1.807) is 0 Å². The number of aromatic amines is 1. The van der Waals surface area contributed by atoms with Crippen LogP contribution in [0.3, 0.4) is 0 Å². The molecule has 1 aromatic carbocycles. The summed E-state index contributed by atoms with van der Waals surface area (Å²) in [7, 11) is 0. The molecular formula is C19H30N4O2. The van der Waals surface area contributed by atoms with Gasteiger partial charge in [0.2, 0.25) is 0 Å². The highest BCUT2D eigenvalue weighted by Crippen LogP contribution is 2.10. The van der Waals surface area contributed by atoms with Crippen LogP contribution in [0.5, 0.6) is 0 Å². The normalized spacial score (nSPS) is 16.7. The summed E-state index contributed by atoms with van der Waals surface area (Å²) >= 11 is 0. The third kappa shape index (κ3) is 4.93. The van der Waals surface area contributed by atoms with Crippen LogP contribution in [0.2, 0.25) is 0 Å². The number of nitrogens with one attached hydrogen (secondary N) is 1. The van der Waals surface area contributed by atoms with Gasteiger partial charge in [0.25, 0.3) is 0 Å². The van der Waals surface area contributed by atoms with E-state index in [1.807, 2.05) is 28.8 Å². The number of aryl methyl sites for hydroxylation is 1. The van der Waals surface area contributed by atoms with Gasteiger partial charge in [-0.05, 0) is 50.9 Å². The second-order valence-corrected chi connectivity index (χ2v) is 6.92. The monoisotopic (exact) mass is 346 g/mol. The number of nitrogens with zero attached hydrogens (tertiary/aromatic N) is 3. The van der Waals surface area contributed by atoms with Crippen molar-refractivity contribution in [2.75, 3.05) is 45.9 Å². The summed E-state index contributed by atoms with van der Waals surface area (Å²) in [6.45, 7) is 7.77. The molecule has 1 fully saturated rings. The van der Waals surface area contributed by atoms with E-state index < -0.39 is 0 Å². The van der Waals surface area contributed by atoms with Gasteiger partial charge in [0.15, 0.2) is 0 Å². The molecule has 0 unspecified atom stereocenters. The zero-order valence-electron chi connectivity index (χ0n) is 15.0. The van der Waals surface area contributed by atoms with Gasteiger partial charge in [-0.15, -0.1) is 0 Å². The number of aliphatic hydroxyl groups excluding tert-OH is 1. The number of benzene rings is 1. The van der Waals surface area contributed by atoms with Crippen LogP contribution >= 0.6 is 0 Å². The lowest BCUT2D eigenvalue weighted by atomic mass is 10.2. The van der Waals surface area contributed by atoms with Crippen LogP contribution < -0.4 is 5.69 Å². The fourth-order valence-electron chi connectivity index (χ4n) is 3.64. The first-order valence-electron chi connectivity index (χ1n) is 9.51. The average molecular weight is 346 g/mol. The topological polar surface area (TPSA) is 64.5 Å². The van der Waals surface area contributed by atoms with Crippen molar-refractivity contribution in [2.45, 2.75) is 32.2 Å². The Balaban J connectivity index is 1.39. The summed E-state index contributed by atoms with van der Waals surface area (Å²) in [6, 6.07) is 7.88. The van der Waals surface area contributed by atoms with Crippen LogP contribution in [0, 0.1) is 0 Å². The summed E-state index contributed by atoms with van der Waals surface area (Å²) in [6.07, 6.45) is 4.23. The van der Waals surface area contributed by atoms with Crippen molar-refractivity contribution in [1.82, 2.24) is 19.4 Å². The Labute approximate surface area is 149 Å². The molecule has 25 heavy (non-hydrogen) atoms. The van der Waals surface area contributed by atoms with Crippen LogP contribution in [0.25, 0.3) is 11.0 Å². The lowest BCUT2D eigenvalue weighted by molar-refractivity contribution is 0.128. The van der Waals surface area contributed by atoms with Gasteiger partial charge in [0.05, 0.1) is 11.0 Å². The summed E-state index contributed by atoms with van der Waals surface area (Å²) in [5.74, 6) is 0. The average Bonchev–Trinajstić information content (AvgIpc) is 2.96. The molecule has 3 rings (SSSR count). The molecule has 6 heteroatoms.